The summed E-state index contributed by atoms with van der Waals surface area (Å²) in [4.78, 5) is 21.7. The van der Waals surface area contributed by atoms with Crippen molar-refractivity contribution in [3.05, 3.63) is 11.6 Å². The number of carbonyl (C=O) groups is 2. The lowest BCUT2D eigenvalue weighted by atomic mass is 9.98. The van der Waals surface area contributed by atoms with Gasteiger partial charge in [0.15, 0.2) is 0 Å². The number of nitrogens with one attached hydrogen (secondary N) is 1. The van der Waals surface area contributed by atoms with Crippen molar-refractivity contribution in [1.82, 2.24) is 5.32 Å². The standard InChI is InChI=1S/C8H12N2O2/c1-5(7(9)11)10-8(12)6-3-2-4-6/h3,5H,2,4H2,1H3,(H2,9,11)(H,10,12)/t5-/m0/s1. The Morgan fingerprint density at radius 2 is 2.25 bits per heavy atom. The van der Waals surface area contributed by atoms with Crippen molar-refractivity contribution in [3.8, 4) is 0 Å². The van der Waals surface area contributed by atoms with Crippen LogP contribution in [0.5, 0.6) is 0 Å². The molecule has 66 valence electrons. The van der Waals surface area contributed by atoms with Gasteiger partial charge in [0.1, 0.15) is 6.04 Å². The van der Waals surface area contributed by atoms with E-state index >= 15 is 0 Å². The first-order chi connectivity index (χ1) is 5.61. The molecule has 0 heterocycles. The van der Waals surface area contributed by atoms with Crippen LogP contribution in [0.4, 0.5) is 0 Å². The zero-order valence-corrected chi connectivity index (χ0v) is 6.96. The molecule has 3 N–H and O–H groups in total. The van der Waals surface area contributed by atoms with E-state index < -0.39 is 11.9 Å². The normalized spacial score (nSPS) is 17.2. The SMILES string of the molecule is C[C@H](NC(=O)C1=CCC1)C(N)=O. The molecule has 0 fully saturated rings. The van der Waals surface area contributed by atoms with Crippen molar-refractivity contribution >= 4 is 11.8 Å². The first-order valence-electron chi connectivity index (χ1n) is 3.90. The van der Waals surface area contributed by atoms with Gasteiger partial charge in [0.25, 0.3) is 0 Å². The maximum atomic E-state index is 11.2. The summed E-state index contributed by atoms with van der Waals surface area (Å²) < 4.78 is 0. The Balaban J connectivity index is 2.40. The Labute approximate surface area is 70.8 Å². The predicted octanol–water partition coefficient (Wildman–Crippen LogP) is -0.303. The molecule has 0 aromatic rings. The highest BCUT2D eigenvalue weighted by Gasteiger charge is 2.18. The van der Waals surface area contributed by atoms with E-state index in [1.807, 2.05) is 6.08 Å². The number of hydrogen-bond donors (Lipinski definition) is 2. The Bertz CT molecular complexity index is 245. The largest absolute Gasteiger partial charge is 0.368 e. The third kappa shape index (κ3) is 1.84. The average molecular weight is 168 g/mol. The van der Waals surface area contributed by atoms with Gasteiger partial charge in [-0.2, -0.15) is 0 Å². The minimum atomic E-state index is -0.584. The van der Waals surface area contributed by atoms with Crippen LogP contribution in [0.15, 0.2) is 11.6 Å². The molecule has 0 radical (unpaired) electrons. The zero-order chi connectivity index (χ0) is 9.14. The van der Waals surface area contributed by atoms with Crippen LogP contribution >= 0.6 is 0 Å². The molecule has 0 bridgehead atoms. The second kappa shape index (κ2) is 3.38. The fourth-order valence-electron chi connectivity index (χ4n) is 0.855. The van der Waals surface area contributed by atoms with Crippen LogP contribution in [0, 0.1) is 0 Å². The molecule has 0 aliphatic heterocycles. The fourth-order valence-corrected chi connectivity index (χ4v) is 0.855. The van der Waals surface area contributed by atoms with Crippen molar-refractivity contribution < 1.29 is 9.59 Å². The van der Waals surface area contributed by atoms with Crippen LogP contribution in [-0.4, -0.2) is 17.9 Å². The van der Waals surface area contributed by atoms with Gasteiger partial charge in [-0.15, -0.1) is 0 Å². The van der Waals surface area contributed by atoms with Crippen LogP contribution in [0.1, 0.15) is 19.8 Å². The third-order valence-electron chi connectivity index (χ3n) is 1.87. The molecule has 0 saturated heterocycles. The molecule has 1 rings (SSSR count). The van der Waals surface area contributed by atoms with Crippen molar-refractivity contribution in [2.45, 2.75) is 25.8 Å². The third-order valence-corrected chi connectivity index (χ3v) is 1.87. The lowest BCUT2D eigenvalue weighted by Crippen LogP contribution is -2.43. The smallest absolute Gasteiger partial charge is 0.247 e. The topological polar surface area (TPSA) is 72.2 Å². The van der Waals surface area contributed by atoms with Gasteiger partial charge in [-0.05, 0) is 19.8 Å². The van der Waals surface area contributed by atoms with Gasteiger partial charge in [-0.3, -0.25) is 9.59 Å². The van der Waals surface area contributed by atoms with Crippen LogP contribution in [0.2, 0.25) is 0 Å². The maximum Gasteiger partial charge on any atom is 0.247 e. The van der Waals surface area contributed by atoms with Gasteiger partial charge in [-0.25, -0.2) is 0 Å². The molecule has 1 atom stereocenters. The second-order valence-electron chi connectivity index (χ2n) is 2.87. The minimum Gasteiger partial charge on any atom is -0.368 e. The lowest BCUT2D eigenvalue weighted by Gasteiger charge is -2.16. The number of hydrogen-bond acceptors (Lipinski definition) is 2. The van der Waals surface area contributed by atoms with E-state index in [1.54, 1.807) is 6.92 Å². The summed E-state index contributed by atoms with van der Waals surface area (Å²) in [7, 11) is 0. The number of allylic oxidation sites excluding steroid dienone is 1. The van der Waals surface area contributed by atoms with E-state index in [4.69, 9.17) is 5.73 Å². The van der Waals surface area contributed by atoms with Crippen molar-refractivity contribution in [2.75, 3.05) is 0 Å². The average Bonchev–Trinajstić information content (AvgIpc) is 1.82. The van der Waals surface area contributed by atoms with Crippen LogP contribution < -0.4 is 11.1 Å². The van der Waals surface area contributed by atoms with Crippen molar-refractivity contribution in [3.63, 3.8) is 0 Å². The van der Waals surface area contributed by atoms with Gasteiger partial charge >= 0.3 is 0 Å². The summed E-state index contributed by atoms with van der Waals surface area (Å²) in [6.45, 7) is 1.57. The summed E-state index contributed by atoms with van der Waals surface area (Å²) in [6, 6.07) is -0.584. The molecule has 0 saturated carbocycles. The number of carbonyl (C=O) groups excluding carboxylic acids is 2. The molecule has 0 aromatic carbocycles. The number of rotatable bonds is 3. The van der Waals surface area contributed by atoms with Gasteiger partial charge in [0, 0.05) is 5.57 Å². The highest BCUT2D eigenvalue weighted by Crippen LogP contribution is 2.17. The van der Waals surface area contributed by atoms with Gasteiger partial charge < -0.3 is 11.1 Å². The highest BCUT2D eigenvalue weighted by molar-refractivity contribution is 5.97. The number of amides is 2. The van der Waals surface area contributed by atoms with E-state index in [-0.39, 0.29) is 5.91 Å². The molecule has 0 aromatic heterocycles. The van der Waals surface area contributed by atoms with Gasteiger partial charge in [0.05, 0.1) is 0 Å². The number of nitrogens with two attached hydrogens (primary N) is 1. The van der Waals surface area contributed by atoms with E-state index in [0.717, 1.165) is 18.4 Å². The predicted molar refractivity (Wildman–Crippen MR) is 44.1 cm³/mol. The second-order valence-corrected chi connectivity index (χ2v) is 2.87. The van der Waals surface area contributed by atoms with Crippen LogP contribution in [0.3, 0.4) is 0 Å². The summed E-state index contributed by atoms with van der Waals surface area (Å²) in [6.07, 6.45) is 3.61. The quantitative estimate of drug-likeness (QED) is 0.607. The summed E-state index contributed by atoms with van der Waals surface area (Å²) in [5.41, 5.74) is 5.72. The van der Waals surface area contributed by atoms with Gasteiger partial charge in [-0.1, -0.05) is 6.08 Å². The molecule has 0 unspecified atom stereocenters. The van der Waals surface area contributed by atoms with Crippen LogP contribution in [-0.2, 0) is 9.59 Å². The molecule has 4 heteroatoms. The molecule has 12 heavy (non-hydrogen) atoms. The summed E-state index contributed by atoms with van der Waals surface area (Å²) in [5, 5.41) is 2.50. The van der Waals surface area contributed by atoms with E-state index in [2.05, 4.69) is 5.32 Å². The Hall–Kier alpha value is -1.32. The zero-order valence-electron chi connectivity index (χ0n) is 6.96. The molecule has 1 aliphatic rings. The summed E-state index contributed by atoms with van der Waals surface area (Å²) in [5.74, 6) is -0.684. The molecule has 0 spiro atoms. The van der Waals surface area contributed by atoms with E-state index in [1.165, 1.54) is 0 Å². The summed E-state index contributed by atoms with van der Waals surface area (Å²) >= 11 is 0. The first-order valence-corrected chi connectivity index (χ1v) is 3.90. The van der Waals surface area contributed by atoms with Gasteiger partial charge in [0.2, 0.25) is 11.8 Å². The Morgan fingerprint density at radius 3 is 2.58 bits per heavy atom. The Morgan fingerprint density at radius 1 is 1.67 bits per heavy atom. The monoisotopic (exact) mass is 168 g/mol. The molecular weight excluding hydrogens is 156 g/mol. The van der Waals surface area contributed by atoms with E-state index in [0.29, 0.717) is 0 Å². The first kappa shape index (κ1) is 8.77. The molecular formula is C8H12N2O2. The van der Waals surface area contributed by atoms with Crippen LogP contribution in [0.25, 0.3) is 0 Å². The van der Waals surface area contributed by atoms with E-state index in [9.17, 15) is 9.59 Å². The maximum absolute atomic E-state index is 11.2. The fraction of sp³-hybridized carbons (Fsp3) is 0.500. The van der Waals surface area contributed by atoms with Crippen molar-refractivity contribution in [2.24, 2.45) is 5.73 Å². The highest BCUT2D eigenvalue weighted by atomic mass is 16.2. The molecule has 4 nitrogen and oxygen atoms in total. The minimum absolute atomic E-state index is 0.174. The number of primary amides is 1. The van der Waals surface area contributed by atoms with Crippen molar-refractivity contribution in [1.29, 1.82) is 0 Å². The molecule has 2 amide bonds. The molecule has 1 aliphatic carbocycles. The Kier molecular flexibility index (Phi) is 2.47. The lowest BCUT2D eigenvalue weighted by molar-refractivity contribution is -0.125.